The van der Waals surface area contributed by atoms with E-state index in [-0.39, 0.29) is 0 Å². The van der Waals surface area contributed by atoms with Crippen LogP contribution in [-0.2, 0) is 46.2 Å². The van der Waals surface area contributed by atoms with E-state index in [9.17, 15) is 14.2 Å². The van der Waals surface area contributed by atoms with Crippen LogP contribution < -0.4 is 0 Å². The summed E-state index contributed by atoms with van der Waals surface area (Å²) >= 11 is 0. The zero-order valence-electron chi connectivity index (χ0n) is 15.0. The van der Waals surface area contributed by atoms with Gasteiger partial charge >= 0.3 is 19.5 Å². The highest BCUT2D eigenvalue weighted by Crippen LogP contribution is 2.65. The maximum absolute atomic E-state index is 13.1. The molecular weight excluding hydrogens is 366 g/mol. The lowest BCUT2D eigenvalue weighted by atomic mass is 10.1. The van der Waals surface area contributed by atoms with Crippen molar-refractivity contribution in [2.24, 2.45) is 0 Å². The summed E-state index contributed by atoms with van der Waals surface area (Å²) in [6.45, 7) is 1.14. The lowest BCUT2D eigenvalue weighted by Crippen LogP contribution is -2.49. The van der Waals surface area contributed by atoms with Crippen molar-refractivity contribution in [3.8, 4) is 0 Å². The van der Waals surface area contributed by atoms with Gasteiger partial charge in [0.15, 0.2) is 0 Å². The molecule has 0 aliphatic carbocycles. The number of hydrogen-bond acceptors (Lipinski definition) is 10. The van der Waals surface area contributed by atoms with Crippen LogP contribution >= 0.6 is 15.2 Å². The second-order valence-electron chi connectivity index (χ2n) is 4.31. The Hall–Kier alpha value is -0.730. The maximum atomic E-state index is 13.1. The molecule has 0 spiro atoms. The summed E-state index contributed by atoms with van der Waals surface area (Å²) in [4.78, 5) is 25.0. The maximum Gasteiger partial charge on any atom is 0.352 e. The smallest absolute Gasteiger partial charge is 0.352 e. The molecule has 12 heteroatoms. The Morgan fingerprint density at radius 1 is 0.750 bits per heavy atom. The van der Waals surface area contributed by atoms with E-state index in [2.05, 4.69) is 0 Å². The Balaban J connectivity index is 7.27. The van der Waals surface area contributed by atoms with Crippen LogP contribution in [0.25, 0.3) is 0 Å². The molecule has 10 nitrogen and oxygen atoms in total. The molecule has 0 amide bonds. The zero-order valence-corrected chi connectivity index (χ0v) is 16.8. The van der Waals surface area contributed by atoms with Gasteiger partial charge in [-0.2, -0.15) is 0 Å². The zero-order chi connectivity index (χ0) is 19.2. The van der Waals surface area contributed by atoms with E-state index in [4.69, 9.17) is 32.1 Å². The van der Waals surface area contributed by atoms with Crippen molar-refractivity contribution in [3.05, 3.63) is 0 Å². The second kappa shape index (κ2) is 9.10. The largest absolute Gasteiger partial charge is 0.468 e. The van der Waals surface area contributed by atoms with E-state index in [1.807, 2.05) is 0 Å². The van der Waals surface area contributed by atoms with Gasteiger partial charge in [-0.15, -0.1) is 0 Å². The average Bonchev–Trinajstić information content (AvgIpc) is 2.63. The third kappa shape index (κ3) is 3.60. The average molecular weight is 390 g/mol. The molecule has 0 bridgehead atoms. The Morgan fingerprint density at radius 2 is 1.17 bits per heavy atom. The van der Waals surface area contributed by atoms with Crippen LogP contribution in [0.1, 0.15) is 6.92 Å². The molecule has 0 saturated heterocycles. The lowest BCUT2D eigenvalue weighted by Gasteiger charge is -2.36. The highest BCUT2D eigenvalue weighted by atomic mass is 31.2. The fraction of sp³-hybridized carbons (Fsp3) is 0.750. The van der Waals surface area contributed by atoms with Gasteiger partial charge in [-0.3, -0.25) is 9.36 Å². The number of methoxy groups -OCH3 is 2. The summed E-state index contributed by atoms with van der Waals surface area (Å²) in [5.74, 6) is -2.12. The molecule has 0 aromatic rings. The van der Waals surface area contributed by atoms with Gasteiger partial charge in [-0.25, -0.2) is 4.79 Å². The molecule has 0 rings (SSSR count). The molecule has 142 valence electrons. The van der Waals surface area contributed by atoms with Crippen LogP contribution in [0, 0.1) is 0 Å². The summed E-state index contributed by atoms with van der Waals surface area (Å²) in [7, 11) is -0.0349. The molecule has 0 aromatic carbocycles. The minimum Gasteiger partial charge on any atom is -0.468 e. The second-order valence-corrected chi connectivity index (χ2v) is 9.47. The standard InChI is InChI=1S/C12H24O10P2/c1-12(11(14)17-3,24(15,21-7)22-8)9(10(13)16-2)23(18-4,19-5)20-6/h1-8H3. The first kappa shape index (κ1) is 23.3. The van der Waals surface area contributed by atoms with Crippen LogP contribution in [0.3, 0.4) is 0 Å². The van der Waals surface area contributed by atoms with Crippen LogP contribution in [0.4, 0.5) is 0 Å². The molecular formula is C12H24O10P2. The fourth-order valence-corrected chi connectivity index (χ4v) is 6.36. The van der Waals surface area contributed by atoms with Crippen molar-refractivity contribution in [3.63, 3.8) is 0 Å². The Kier molecular flexibility index (Phi) is 8.83. The van der Waals surface area contributed by atoms with E-state index >= 15 is 0 Å². The number of hydrogen-bond donors (Lipinski definition) is 0. The van der Waals surface area contributed by atoms with E-state index in [1.54, 1.807) is 0 Å². The van der Waals surface area contributed by atoms with Gasteiger partial charge in [0, 0.05) is 35.5 Å². The van der Waals surface area contributed by atoms with E-state index in [0.29, 0.717) is 0 Å². The van der Waals surface area contributed by atoms with Crippen molar-refractivity contribution in [1.29, 1.82) is 0 Å². The van der Waals surface area contributed by atoms with E-state index < -0.39 is 37.6 Å². The molecule has 0 radical (unpaired) electrons. The fourth-order valence-electron chi connectivity index (χ4n) is 2.15. The summed E-state index contributed by atoms with van der Waals surface area (Å²) in [5, 5.41) is -2.74. The number of carbonyl (C=O) groups excluding carboxylic acids is 2. The van der Waals surface area contributed by atoms with Crippen LogP contribution in [-0.4, -0.2) is 72.2 Å². The monoisotopic (exact) mass is 390 g/mol. The molecule has 0 aromatic heterocycles. The van der Waals surface area contributed by atoms with Gasteiger partial charge in [0.1, 0.15) is 5.29 Å². The number of esters is 2. The predicted octanol–water partition coefficient (Wildman–Crippen LogP) is 1.45. The summed E-state index contributed by atoms with van der Waals surface area (Å²) < 4.78 is 48.1. The third-order valence-electron chi connectivity index (χ3n) is 3.45. The van der Waals surface area contributed by atoms with E-state index in [1.165, 1.54) is 21.3 Å². The van der Waals surface area contributed by atoms with Gasteiger partial charge in [0.2, 0.25) is 5.16 Å². The summed E-state index contributed by atoms with van der Waals surface area (Å²) in [6, 6.07) is 0. The Labute approximate surface area is 141 Å². The SMILES string of the molecule is COC(=O)C(C(C)(C(=O)OC)P(=O)(OC)OC)=P(OC)(OC)OC. The number of carbonyl (C=O) groups is 2. The molecule has 24 heavy (non-hydrogen) atoms. The normalized spacial score (nSPS) is 14.7. The van der Waals surface area contributed by atoms with Crippen molar-refractivity contribution >= 4 is 32.4 Å². The van der Waals surface area contributed by atoms with Gasteiger partial charge in [-0.05, 0) is 6.92 Å². The Morgan fingerprint density at radius 3 is 1.42 bits per heavy atom. The lowest BCUT2D eigenvalue weighted by molar-refractivity contribution is -0.143. The van der Waals surface area contributed by atoms with Crippen LogP contribution in [0.5, 0.6) is 0 Å². The number of ether oxygens (including phenoxy) is 2. The van der Waals surface area contributed by atoms with Crippen molar-refractivity contribution in [2.45, 2.75) is 12.1 Å². The van der Waals surface area contributed by atoms with Crippen molar-refractivity contribution in [2.75, 3.05) is 49.8 Å². The molecule has 0 heterocycles. The molecule has 1 unspecified atom stereocenters. The van der Waals surface area contributed by atoms with Crippen LogP contribution in [0.2, 0.25) is 0 Å². The molecule has 0 N–H and O–H groups in total. The minimum atomic E-state index is -4.26. The van der Waals surface area contributed by atoms with Gasteiger partial charge in [0.05, 0.1) is 14.2 Å². The topological polar surface area (TPSA) is 116 Å². The minimum absolute atomic E-state index is 0.496. The molecule has 0 aliphatic heterocycles. The highest BCUT2D eigenvalue weighted by molar-refractivity contribution is 7.69. The van der Waals surface area contributed by atoms with Gasteiger partial charge < -0.3 is 32.1 Å². The first-order valence-electron chi connectivity index (χ1n) is 6.47. The van der Waals surface area contributed by atoms with Crippen LogP contribution in [0.15, 0.2) is 0 Å². The summed E-state index contributed by atoms with van der Waals surface area (Å²) in [6.07, 6.45) is 0. The van der Waals surface area contributed by atoms with Gasteiger partial charge in [0.25, 0.3) is 7.57 Å². The highest BCUT2D eigenvalue weighted by Gasteiger charge is 2.62. The number of rotatable bonds is 9. The Bertz CT molecular complexity index is 545. The summed E-state index contributed by atoms with van der Waals surface area (Å²) in [5.41, 5.74) is 0. The molecule has 1 atom stereocenters. The first-order valence-corrected chi connectivity index (χ1v) is 9.55. The van der Waals surface area contributed by atoms with E-state index in [0.717, 1.165) is 35.4 Å². The molecule has 0 aliphatic rings. The third-order valence-corrected chi connectivity index (χ3v) is 8.71. The van der Waals surface area contributed by atoms with Gasteiger partial charge in [-0.1, -0.05) is 0 Å². The van der Waals surface area contributed by atoms with Crippen molar-refractivity contribution < 1.29 is 46.2 Å². The van der Waals surface area contributed by atoms with Crippen molar-refractivity contribution in [1.82, 2.24) is 0 Å². The quantitative estimate of drug-likeness (QED) is 0.423. The molecule has 0 saturated carbocycles. The first-order chi connectivity index (χ1) is 11.1. The predicted molar refractivity (Wildman–Crippen MR) is 87.0 cm³/mol. The molecule has 0 fully saturated rings.